The van der Waals surface area contributed by atoms with Gasteiger partial charge in [0.05, 0.1) is 13.2 Å². The van der Waals surface area contributed by atoms with Crippen LogP contribution in [0.2, 0.25) is 0 Å². The lowest BCUT2D eigenvalue weighted by atomic mass is 9.89. The van der Waals surface area contributed by atoms with E-state index < -0.39 is 18.1 Å². The number of fused-ring (bicyclic) bond motifs is 7. The number of benzene rings is 4. The Morgan fingerprint density at radius 2 is 1.66 bits per heavy atom. The van der Waals surface area contributed by atoms with Crippen LogP contribution in [0.5, 0.6) is 5.75 Å². The van der Waals surface area contributed by atoms with E-state index in [-0.39, 0.29) is 24.3 Å². The van der Waals surface area contributed by atoms with Crippen molar-refractivity contribution >= 4 is 28.6 Å². The first-order valence-corrected chi connectivity index (χ1v) is 14.8. The van der Waals surface area contributed by atoms with Crippen molar-refractivity contribution in [2.24, 2.45) is 0 Å². The number of ether oxygens (including phenoxy) is 1. The van der Waals surface area contributed by atoms with Gasteiger partial charge in [0.2, 0.25) is 11.8 Å². The number of carbonyl (C=O) groups excluding carboxylic acids is 3. The molecule has 8 heteroatoms. The van der Waals surface area contributed by atoms with Crippen molar-refractivity contribution in [1.29, 1.82) is 0 Å². The summed E-state index contributed by atoms with van der Waals surface area (Å²) in [5, 5.41) is 7.07. The lowest BCUT2D eigenvalue weighted by Crippen LogP contribution is -2.57. The third-order valence-electron chi connectivity index (χ3n) is 8.72. The number of para-hydroxylation sites is 2. The van der Waals surface area contributed by atoms with E-state index in [1.165, 1.54) is 0 Å². The summed E-state index contributed by atoms with van der Waals surface area (Å²) in [7, 11) is 1.59. The molecule has 3 N–H and O–H groups in total. The molecule has 3 amide bonds. The Morgan fingerprint density at radius 1 is 0.932 bits per heavy atom. The van der Waals surface area contributed by atoms with E-state index in [0.717, 1.165) is 38.9 Å². The number of hydrogen-bond donors (Lipinski definition) is 3. The number of hydrogen-bond acceptors (Lipinski definition) is 4. The molecule has 1 aromatic heterocycles. The molecule has 8 nitrogen and oxygen atoms in total. The maximum absolute atomic E-state index is 14.3. The van der Waals surface area contributed by atoms with Gasteiger partial charge in [0.1, 0.15) is 17.8 Å². The second kappa shape index (κ2) is 11.4. The number of nitrogens with zero attached hydrogens (tertiary/aromatic N) is 1. The van der Waals surface area contributed by atoms with Crippen LogP contribution < -0.4 is 15.4 Å². The van der Waals surface area contributed by atoms with Crippen LogP contribution in [0.3, 0.4) is 0 Å². The summed E-state index contributed by atoms with van der Waals surface area (Å²) in [5.74, 6) is -0.189. The number of aromatic nitrogens is 1. The first-order chi connectivity index (χ1) is 21.5. The number of methoxy groups -OCH3 is 1. The molecule has 3 atom stereocenters. The SMILES string of the molecule is COc1ccccc1CNC(=O)[C@H](Cc1ccccc1)NC(=O)[C@@H]1Cc2c([nH]c3ccccc23)C2c3ccccc3C(=O)N21. The van der Waals surface area contributed by atoms with Gasteiger partial charge < -0.3 is 25.3 Å². The molecule has 44 heavy (non-hydrogen) atoms. The summed E-state index contributed by atoms with van der Waals surface area (Å²) in [6.07, 6.45) is 0.634. The largest absolute Gasteiger partial charge is 0.496 e. The van der Waals surface area contributed by atoms with Gasteiger partial charge in [0.25, 0.3) is 5.91 Å². The van der Waals surface area contributed by atoms with Crippen molar-refractivity contribution < 1.29 is 19.1 Å². The predicted molar refractivity (Wildman–Crippen MR) is 167 cm³/mol. The maximum atomic E-state index is 14.3. The van der Waals surface area contributed by atoms with Gasteiger partial charge in [-0.05, 0) is 34.9 Å². The highest BCUT2D eigenvalue weighted by Gasteiger charge is 2.49. The average molecular weight is 585 g/mol. The molecule has 3 heterocycles. The molecule has 0 saturated carbocycles. The third kappa shape index (κ3) is 4.78. The zero-order chi connectivity index (χ0) is 30.2. The number of aromatic amines is 1. The first-order valence-electron chi connectivity index (χ1n) is 14.8. The molecule has 220 valence electrons. The number of rotatable bonds is 8. The summed E-state index contributed by atoms with van der Waals surface area (Å²) >= 11 is 0. The summed E-state index contributed by atoms with van der Waals surface area (Å²) < 4.78 is 5.45. The molecule has 0 radical (unpaired) electrons. The normalized spacial score (nSPS) is 17.4. The minimum atomic E-state index is -0.859. The average Bonchev–Trinajstić information content (AvgIpc) is 3.58. The monoisotopic (exact) mass is 584 g/mol. The van der Waals surface area contributed by atoms with Crippen molar-refractivity contribution in [2.45, 2.75) is 37.5 Å². The highest BCUT2D eigenvalue weighted by atomic mass is 16.5. The van der Waals surface area contributed by atoms with Crippen molar-refractivity contribution in [3.05, 3.63) is 137 Å². The molecule has 2 aliphatic heterocycles. The topological polar surface area (TPSA) is 104 Å². The quantitative estimate of drug-likeness (QED) is 0.246. The van der Waals surface area contributed by atoms with E-state index in [1.54, 1.807) is 12.0 Å². The molecule has 1 unspecified atom stereocenters. The summed E-state index contributed by atoms with van der Waals surface area (Å²) in [5.41, 5.74) is 6.13. The predicted octanol–water partition coefficient (Wildman–Crippen LogP) is 4.69. The number of amides is 3. The van der Waals surface area contributed by atoms with Crippen LogP contribution in [0.25, 0.3) is 10.9 Å². The Bertz CT molecular complexity index is 1880. The molecule has 0 spiro atoms. The molecular formula is C36H32N4O4. The Hall–Kier alpha value is -5.37. The minimum absolute atomic E-state index is 0.185. The van der Waals surface area contributed by atoms with Crippen LogP contribution in [0.4, 0.5) is 0 Å². The Kier molecular flexibility index (Phi) is 7.10. The van der Waals surface area contributed by atoms with E-state index in [0.29, 0.717) is 24.2 Å². The van der Waals surface area contributed by atoms with Gasteiger partial charge in [-0.3, -0.25) is 14.4 Å². The van der Waals surface area contributed by atoms with Crippen LogP contribution in [-0.4, -0.2) is 46.8 Å². The molecule has 7 rings (SSSR count). The van der Waals surface area contributed by atoms with E-state index in [1.807, 2.05) is 103 Å². The van der Waals surface area contributed by atoms with Gasteiger partial charge >= 0.3 is 0 Å². The minimum Gasteiger partial charge on any atom is -0.496 e. The van der Waals surface area contributed by atoms with Crippen LogP contribution in [0.1, 0.15) is 44.3 Å². The summed E-state index contributed by atoms with van der Waals surface area (Å²) in [6, 6.07) is 30.5. The van der Waals surface area contributed by atoms with E-state index in [4.69, 9.17) is 4.74 Å². The van der Waals surface area contributed by atoms with Gasteiger partial charge in [-0.25, -0.2) is 0 Å². The van der Waals surface area contributed by atoms with Gasteiger partial charge in [0.15, 0.2) is 0 Å². The van der Waals surface area contributed by atoms with Crippen LogP contribution in [0.15, 0.2) is 103 Å². The Morgan fingerprint density at radius 3 is 2.50 bits per heavy atom. The molecule has 4 aromatic carbocycles. The van der Waals surface area contributed by atoms with Crippen LogP contribution in [0, 0.1) is 0 Å². The fourth-order valence-corrected chi connectivity index (χ4v) is 6.62. The second-order valence-electron chi connectivity index (χ2n) is 11.3. The zero-order valence-electron chi connectivity index (χ0n) is 24.2. The summed E-state index contributed by atoms with van der Waals surface area (Å²) in [4.78, 5) is 47.0. The lowest BCUT2D eigenvalue weighted by Gasteiger charge is -2.37. The van der Waals surface area contributed by atoms with Crippen LogP contribution >= 0.6 is 0 Å². The van der Waals surface area contributed by atoms with Crippen LogP contribution in [-0.2, 0) is 29.0 Å². The summed E-state index contributed by atoms with van der Waals surface area (Å²) in [6.45, 7) is 0.244. The van der Waals surface area contributed by atoms with E-state index in [2.05, 4.69) is 15.6 Å². The maximum Gasteiger partial charge on any atom is 0.255 e. The fourth-order valence-electron chi connectivity index (χ4n) is 6.62. The van der Waals surface area contributed by atoms with Gasteiger partial charge in [-0.2, -0.15) is 0 Å². The highest BCUT2D eigenvalue weighted by molar-refractivity contribution is 6.04. The van der Waals surface area contributed by atoms with Gasteiger partial charge in [0, 0.05) is 47.1 Å². The molecule has 0 aliphatic carbocycles. The third-order valence-corrected chi connectivity index (χ3v) is 8.72. The molecule has 0 fully saturated rings. The molecule has 0 saturated heterocycles. The highest BCUT2D eigenvalue weighted by Crippen LogP contribution is 2.46. The second-order valence-corrected chi connectivity index (χ2v) is 11.3. The number of nitrogens with one attached hydrogen (secondary N) is 3. The van der Waals surface area contributed by atoms with Crippen molar-refractivity contribution in [3.8, 4) is 5.75 Å². The molecular weight excluding hydrogens is 552 g/mol. The fraction of sp³-hybridized carbons (Fsp3) is 0.194. The van der Waals surface area contributed by atoms with E-state index >= 15 is 0 Å². The Labute approximate surface area is 255 Å². The van der Waals surface area contributed by atoms with E-state index in [9.17, 15) is 14.4 Å². The lowest BCUT2D eigenvalue weighted by molar-refractivity contribution is -0.132. The zero-order valence-corrected chi connectivity index (χ0v) is 24.2. The number of carbonyl (C=O) groups is 3. The first kappa shape index (κ1) is 27.5. The Balaban J connectivity index is 1.21. The van der Waals surface area contributed by atoms with Gasteiger partial charge in [-0.1, -0.05) is 84.9 Å². The smallest absolute Gasteiger partial charge is 0.255 e. The van der Waals surface area contributed by atoms with Crippen molar-refractivity contribution in [3.63, 3.8) is 0 Å². The number of H-pyrrole nitrogens is 1. The van der Waals surface area contributed by atoms with Gasteiger partial charge in [-0.15, -0.1) is 0 Å². The molecule has 0 bridgehead atoms. The van der Waals surface area contributed by atoms with Crippen molar-refractivity contribution in [2.75, 3.05) is 7.11 Å². The van der Waals surface area contributed by atoms with Crippen molar-refractivity contribution in [1.82, 2.24) is 20.5 Å². The molecule has 2 aliphatic rings. The molecule has 5 aromatic rings. The standard InChI is InChI=1S/C36H32N4O4/c1-44-31-18-10-5-13-23(31)21-37-34(41)29(19-22-11-3-2-4-12-22)39-35(42)30-20-27-24-14-8-9-17-28(24)38-32(27)33-25-15-6-7-16-26(25)36(43)40(30)33/h2-18,29-30,33,38H,19-21H2,1H3,(H,37,41)(H,39,42)/t29-,30-,33?/m0/s1.